The third-order valence-corrected chi connectivity index (χ3v) is 5.24. The van der Waals surface area contributed by atoms with Crippen molar-refractivity contribution in [2.45, 2.75) is 32.0 Å². The van der Waals surface area contributed by atoms with Crippen LogP contribution in [-0.4, -0.2) is 46.7 Å². The standard InChI is InChI=1S/C19H20F3N5O2/c1-12(13-4-6-26(7-5-13)11-19(20,21)22)24-18-8-14(10-23)16-9-15(27(28)29)2-3-17(16)25-18/h2-3,8-9,12-13H,4-7,11H2,1H3,(H,24,25). The Morgan fingerprint density at radius 3 is 2.66 bits per heavy atom. The summed E-state index contributed by atoms with van der Waals surface area (Å²) in [6.07, 6.45) is -2.92. The maximum Gasteiger partial charge on any atom is 0.401 e. The molecule has 0 aliphatic carbocycles. The van der Waals surface area contributed by atoms with Crippen LogP contribution >= 0.6 is 0 Å². The predicted molar refractivity (Wildman–Crippen MR) is 101 cm³/mol. The lowest BCUT2D eigenvalue weighted by Crippen LogP contribution is -2.43. The van der Waals surface area contributed by atoms with Gasteiger partial charge in [-0.3, -0.25) is 15.0 Å². The Balaban J connectivity index is 1.71. The molecule has 154 valence electrons. The van der Waals surface area contributed by atoms with Crippen LogP contribution in [0.15, 0.2) is 24.3 Å². The van der Waals surface area contributed by atoms with Crippen molar-refractivity contribution in [3.8, 4) is 6.07 Å². The van der Waals surface area contributed by atoms with Crippen molar-refractivity contribution >= 4 is 22.4 Å². The smallest absolute Gasteiger partial charge is 0.367 e. The quantitative estimate of drug-likeness (QED) is 0.593. The lowest BCUT2D eigenvalue weighted by Gasteiger charge is -2.35. The topological polar surface area (TPSA) is 95.1 Å². The second kappa shape index (κ2) is 8.21. The van der Waals surface area contributed by atoms with Gasteiger partial charge in [-0.15, -0.1) is 0 Å². The summed E-state index contributed by atoms with van der Waals surface area (Å²) in [5.74, 6) is 0.646. The third-order valence-electron chi connectivity index (χ3n) is 5.24. The normalized spacial score (nSPS) is 17.1. The molecule has 0 amide bonds. The van der Waals surface area contributed by atoms with E-state index in [1.165, 1.54) is 23.1 Å². The monoisotopic (exact) mass is 407 g/mol. The van der Waals surface area contributed by atoms with Crippen LogP contribution in [0.4, 0.5) is 24.7 Å². The van der Waals surface area contributed by atoms with E-state index in [1.807, 2.05) is 13.0 Å². The van der Waals surface area contributed by atoms with Gasteiger partial charge in [0.2, 0.25) is 0 Å². The van der Waals surface area contributed by atoms with Crippen molar-refractivity contribution in [2.24, 2.45) is 5.92 Å². The highest BCUT2D eigenvalue weighted by atomic mass is 19.4. The lowest BCUT2D eigenvalue weighted by molar-refractivity contribution is -0.384. The maximum atomic E-state index is 12.5. The van der Waals surface area contributed by atoms with Crippen molar-refractivity contribution in [3.63, 3.8) is 0 Å². The van der Waals surface area contributed by atoms with Gasteiger partial charge in [-0.1, -0.05) is 0 Å². The molecule has 1 aromatic carbocycles. The molecule has 3 rings (SSSR count). The largest absolute Gasteiger partial charge is 0.401 e. The Bertz CT molecular complexity index is 949. The molecule has 1 N–H and O–H groups in total. The summed E-state index contributed by atoms with van der Waals surface area (Å²) >= 11 is 0. The number of likely N-dealkylation sites (tertiary alicyclic amines) is 1. The minimum absolute atomic E-state index is 0.0439. The molecule has 1 aliphatic rings. The van der Waals surface area contributed by atoms with Crippen molar-refractivity contribution in [2.75, 3.05) is 25.0 Å². The average Bonchev–Trinajstić information content (AvgIpc) is 2.66. The zero-order chi connectivity index (χ0) is 21.2. The fourth-order valence-electron chi connectivity index (χ4n) is 3.71. The second-order valence-corrected chi connectivity index (χ2v) is 7.29. The number of nitro groups is 1. The van der Waals surface area contributed by atoms with E-state index in [1.54, 1.807) is 6.07 Å². The highest BCUT2D eigenvalue weighted by Crippen LogP contribution is 2.28. The lowest BCUT2D eigenvalue weighted by atomic mass is 9.90. The first-order chi connectivity index (χ1) is 13.7. The van der Waals surface area contributed by atoms with E-state index in [2.05, 4.69) is 10.3 Å². The maximum absolute atomic E-state index is 12.5. The molecule has 0 saturated carbocycles. The SMILES string of the molecule is CC(Nc1cc(C#N)c2cc([N+](=O)[O-])ccc2n1)C1CCN(CC(F)(F)F)CC1. The fraction of sp³-hybridized carbons (Fsp3) is 0.474. The minimum Gasteiger partial charge on any atom is -0.367 e. The highest BCUT2D eigenvalue weighted by Gasteiger charge is 2.33. The second-order valence-electron chi connectivity index (χ2n) is 7.29. The van der Waals surface area contributed by atoms with E-state index in [4.69, 9.17) is 0 Å². The molecule has 0 bridgehead atoms. The third kappa shape index (κ3) is 5.12. The summed E-state index contributed by atoms with van der Waals surface area (Å²) in [7, 11) is 0. The summed E-state index contributed by atoms with van der Waals surface area (Å²) in [5, 5.41) is 24.0. The number of alkyl halides is 3. The predicted octanol–water partition coefficient (Wildman–Crippen LogP) is 4.09. The van der Waals surface area contributed by atoms with Crippen molar-refractivity contribution < 1.29 is 18.1 Å². The molecular formula is C19H20F3N5O2. The summed E-state index contributed by atoms with van der Waals surface area (Å²) in [4.78, 5) is 16.3. The Hall–Kier alpha value is -2.93. The fourth-order valence-corrected chi connectivity index (χ4v) is 3.71. The van der Waals surface area contributed by atoms with E-state index in [-0.39, 0.29) is 23.2 Å². The van der Waals surface area contributed by atoms with Crippen LogP contribution in [0.25, 0.3) is 10.9 Å². The summed E-state index contributed by atoms with van der Waals surface area (Å²) in [6.45, 7) is 1.83. The van der Waals surface area contributed by atoms with Crippen LogP contribution in [0, 0.1) is 27.4 Å². The molecule has 1 aliphatic heterocycles. The Morgan fingerprint density at radius 2 is 2.07 bits per heavy atom. The number of nitrogens with one attached hydrogen (secondary N) is 1. The van der Waals surface area contributed by atoms with Crippen LogP contribution in [0.2, 0.25) is 0 Å². The molecule has 0 spiro atoms. The summed E-state index contributed by atoms with van der Waals surface area (Å²) in [6, 6.07) is 7.70. The zero-order valence-corrected chi connectivity index (χ0v) is 15.7. The molecule has 7 nitrogen and oxygen atoms in total. The number of pyridine rings is 1. The van der Waals surface area contributed by atoms with Gasteiger partial charge >= 0.3 is 6.18 Å². The molecular weight excluding hydrogens is 387 g/mol. The Labute approximate surface area is 165 Å². The molecule has 1 atom stereocenters. The minimum atomic E-state index is -4.19. The number of rotatable bonds is 5. The van der Waals surface area contributed by atoms with Crippen molar-refractivity contribution in [3.05, 3.63) is 39.9 Å². The van der Waals surface area contributed by atoms with Crippen LogP contribution < -0.4 is 5.32 Å². The van der Waals surface area contributed by atoms with E-state index in [0.29, 0.717) is 42.7 Å². The summed E-state index contributed by atoms with van der Waals surface area (Å²) < 4.78 is 37.6. The van der Waals surface area contributed by atoms with E-state index in [0.717, 1.165) is 0 Å². The van der Waals surface area contributed by atoms with Gasteiger partial charge in [0, 0.05) is 23.6 Å². The van der Waals surface area contributed by atoms with E-state index >= 15 is 0 Å². The van der Waals surface area contributed by atoms with Gasteiger partial charge in [-0.05, 0) is 50.9 Å². The number of aromatic nitrogens is 1. The van der Waals surface area contributed by atoms with Gasteiger partial charge in [0.1, 0.15) is 5.82 Å². The zero-order valence-electron chi connectivity index (χ0n) is 15.7. The van der Waals surface area contributed by atoms with Crippen LogP contribution in [0.1, 0.15) is 25.3 Å². The van der Waals surface area contributed by atoms with Gasteiger partial charge in [-0.2, -0.15) is 18.4 Å². The molecule has 10 heteroatoms. The Morgan fingerprint density at radius 1 is 1.38 bits per heavy atom. The average molecular weight is 407 g/mol. The van der Waals surface area contributed by atoms with Gasteiger partial charge < -0.3 is 5.32 Å². The van der Waals surface area contributed by atoms with Crippen LogP contribution in [0.3, 0.4) is 0 Å². The number of benzene rings is 1. The number of nitriles is 1. The van der Waals surface area contributed by atoms with Gasteiger partial charge in [0.05, 0.1) is 28.6 Å². The number of hydrogen-bond acceptors (Lipinski definition) is 6. The molecule has 2 heterocycles. The molecule has 1 saturated heterocycles. The Kier molecular flexibility index (Phi) is 5.88. The van der Waals surface area contributed by atoms with E-state index in [9.17, 15) is 28.5 Å². The number of piperidine rings is 1. The first kappa shape index (κ1) is 20.8. The number of non-ortho nitro benzene ring substituents is 1. The number of anilines is 1. The first-order valence-electron chi connectivity index (χ1n) is 9.21. The summed E-state index contributed by atoms with van der Waals surface area (Å²) in [5.41, 5.74) is 0.619. The number of hydrogen-bond donors (Lipinski definition) is 1. The van der Waals surface area contributed by atoms with Crippen molar-refractivity contribution in [1.29, 1.82) is 5.26 Å². The van der Waals surface area contributed by atoms with E-state index < -0.39 is 17.6 Å². The molecule has 2 aromatic rings. The number of nitrogens with zero attached hydrogens (tertiary/aromatic N) is 4. The number of fused-ring (bicyclic) bond motifs is 1. The first-order valence-corrected chi connectivity index (χ1v) is 9.21. The number of nitro benzene ring substituents is 1. The molecule has 1 unspecified atom stereocenters. The van der Waals surface area contributed by atoms with Gasteiger partial charge in [-0.25, -0.2) is 4.98 Å². The molecule has 0 radical (unpaired) electrons. The van der Waals surface area contributed by atoms with Gasteiger partial charge in [0.15, 0.2) is 0 Å². The van der Waals surface area contributed by atoms with Gasteiger partial charge in [0.25, 0.3) is 5.69 Å². The van der Waals surface area contributed by atoms with Crippen LogP contribution in [-0.2, 0) is 0 Å². The number of halogens is 3. The molecule has 1 aromatic heterocycles. The molecule has 1 fully saturated rings. The molecule has 29 heavy (non-hydrogen) atoms. The highest BCUT2D eigenvalue weighted by molar-refractivity contribution is 5.88. The van der Waals surface area contributed by atoms with Crippen LogP contribution in [0.5, 0.6) is 0 Å². The van der Waals surface area contributed by atoms with Crippen molar-refractivity contribution in [1.82, 2.24) is 9.88 Å².